The number of amides is 1. The Morgan fingerprint density at radius 3 is 2.93 bits per heavy atom. The zero-order valence-corrected chi connectivity index (χ0v) is 8.87. The van der Waals surface area contributed by atoms with Crippen LogP contribution in [0.2, 0.25) is 0 Å². The van der Waals surface area contributed by atoms with Crippen LogP contribution in [0.1, 0.15) is 10.5 Å². The van der Waals surface area contributed by atoms with E-state index in [4.69, 9.17) is 5.11 Å². The van der Waals surface area contributed by atoms with E-state index in [2.05, 4.69) is 10.3 Å². The predicted octanol–water partition coefficient (Wildman–Crippen LogP) is 1.08. The fourth-order valence-electron chi connectivity index (χ4n) is 0.953. The summed E-state index contributed by atoms with van der Waals surface area (Å²) in [4.78, 5) is 25.4. The molecule has 1 rings (SSSR count). The van der Waals surface area contributed by atoms with Crippen LogP contribution < -0.4 is 5.32 Å². The van der Waals surface area contributed by atoms with E-state index in [1.807, 2.05) is 6.26 Å². The Morgan fingerprint density at radius 1 is 1.60 bits per heavy atom. The van der Waals surface area contributed by atoms with Crippen molar-refractivity contribution < 1.29 is 14.7 Å². The SMILES string of the molecule is CSCC(=O)Nc1ccnc(C(=O)O)c1. The van der Waals surface area contributed by atoms with Gasteiger partial charge in [-0.15, -0.1) is 0 Å². The molecule has 0 fully saturated rings. The van der Waals surface area contributed by atoms with E-state index in [0.29, 0.717) is 11.4 Å². The number of hydrogen-bond acceptors (Lipinski definition) is 4. The van der Waals surface area contributed by atoms with E-state index in [1.165, 1.54) is 24.0 Å². The summed E-state index contributed by atoms with van der Waals surface area (Å²) in [6, 6.07) is 2.87. The van der Waals surface area contributed by atoms with Crippen molar-refractivity contribution in [3.05, 3.63) is 24.0 Å². The van der Waals surface area contributed by atoms with Crippen LogP contribution >= 0.6 is 11.8 Å². The monoisotopic (exact) mass is 226 g/mol. The van der Waals surface area contributed by atoms with Crippen LogP contribution in [0.5, 0.6) is 0 Å². The minimum Gasteiger partial charge on any atom is -0.477 e. The molecule has 1 aromatic heterocycles. The number of hydrogen-bond donors (Lipinski definition) is 2. The third-order valence-corrected chi connectivity index (χ3v) is 2.09. The fourth-order valence-corrected chi connectivity index (χ4v) is 1.29. The van der Waals surface area contributed by atoms with E-state index in [9.17, 15) is 9.59 Å². The van der Waals surface area contributed by atoms with Gasteiger partial charge in [0.2, 0.25) is 5.91 Å². The first kappa shape index (κ1) is 11.5. The Bertz CT molecular complexity index is 381. The number of carbonyl (C=O) groups is 2. The molecule has 80 valence electrons. The Balaban J connectivity index is 2.73. The van der Waals surface area contributed by atoms with Crippen LogP contribution in [0.3, 0.4) is 0 Å². The van der Waals surface area contributed by atoms with Gasteiger partial charge < -0.3 is 10.4 Å². The molecule has 0 atom stereocenters. The highest BCUT2D eigenvalue weighted by molar-refractivity contribution is 7.99. The Labute approximate surface area is 90.9 Å². The molecule has 0 aliphatic heterocycles. The van der Waals surface area contributed by atoms with Gasteiger partial charge >= 0.3 is 5.97 Å². The lowest BCUT2D eigenvalue weighted by Gasteiger charge is -2.03. The molecular weight excluding hydrogens is 216 g/mol. The number of thioether (sulfide) groups is 1. The van der Waals surface area contributed by atoms with Crippen molar-refractivity contribution in [2.24, 2.45) is 0 Å². The van der Waals surface area contributed by atoms with Gasteiger partial charge in [0.1, 0.15) is 5.69 Å². The van der Waals surface area contributed by atoms with Crippen LogP contribution in [-0.4, -0.2) is 34.0 Å². The lowest BCUT2D eigenvalue weighted by molar-refractivity contribution is -0.113. The van der Waals surface area contributed by atoms with Crippen molar-refractivity contribution in [2.45, 2.75) is 0 Å². The van der Waals surface area contributed by atoms with Gasteiger partial charge in [-0.1, -0.05) is 0 Å². The average molecular weight is 226 g/mol. The minimum atomic E-state index is -1.11. The Hall–Kier alpha value is -1.56. The van der Waals surface area contributed by atoms with Gasteiger partial charge in [-0.2, -0.15) is 11.8 Å². The number of aromatic carboxylic acids is 1. The molecule has 15 heavy (non-hydrogen) atoms. The number of anilines is 1. The summed E-state index contributed by atoms with van der Waals surface area (Å²) in [5.74, 6) is -0.939. The first-order valence-corrected chi connectivity index (χ1v) is 5.51. The van der Waals surface area contributed by atoms with Gasteiger partial charge in [0.05, 0.1) is 5.75 Å². The highest BCUT2D eigenvalue weighted by Crippen LogP contribution is 2.08. The standard InChI is InChI=1S/C9H10N2O3S/c1-15-5-8(12)11-6-2-3-10-7(4-6)9(13)14/h2-4H,5H2,1H3,(H,13,14)(H,10,11,12). The van der Waals surface area contributed by atoms with Crippen molar-refractivity contribution in [1.29, 1.82) is 0 Å². The van der Waals surface area contributed by atoms with Crippen LogP contribution in [0.25, 0.3) is 0 Å². The lowest BCUT2D eigenvalue weighted by Crippen LogP contribution is -2.14. The summed E-state index contributed by atoms with van der Waals surface area (Å²) >= 11 is 1.40. The lowest BCUT2D eigenvalue weighted by atomic mass is 10.3. The summed E-state index contributed by atoms with van der Waals surface area (Å²) in [5, 5.41) is 11.2. The van der Waals surface area contributed by atoms with Crippen molar-refractivity contribution in [3.8, 4) is 0 Å². The Morgan fingerprint density at radius 2 is 2.33 bits per heavy atom. The van der Waals surface area contributed by atoms with Crippen molar-refractivity contribution in [3.63, 3.8) is 0 Å². The summed E-state index contributed by atoms with van der Waals surface area (Å²) < 4.78 is 0. The van der Waals surface area contributed by atoms with E-state index in [-0.39, 0.29) is 11.6 Å². The first-order chi connectivity index (χ1) is 7.13. The van der Waals surface area contributed by atoms with E-state index in [1.54, 1.807) is 6.07 Å². The number of rotatable bonds is 4. The minimum absolute atomic E-state index is 0.0862. The number of nitrogens with zero attached hydrogens (tertiary/aromatic N) is 1. The van der Waals surface area contributed by atoms with Crippen molar-refractivity contribution >= 4 is 29.3 Å². The van der Waals surface area contributed by atoms with Gasteiger partial charge in [0.25, 0.3) is 0 Å². The predicted molar refractivity (Wildman–Crippen MR) is 58.2 cm³/mol. The molecule has 1 amide bonds. The molecule has 2 N–H and O–H groups in total. The van der Waals surface area contributed by atoms with E-state index in [0.717, 1.165) is 0 Å². The summed E-state index contributed by atoms with van der Waals surface area (Å²) in [6.07, 6.45) is 3.16. The van der Waals surface area contributed by atoms with Gasteiger partial charge in [-0.05, 0) is 18.4 Å². The Kier molecular flexibility index (Phi) is 4.11. The molecule has 0 aliphatic carbocycles. The average Bonchev–Trinajstić information content (AvgIpc) is 2.18. The normalized spacial score (nSPS) is 9.67. The fraction of sp³-hybridized carbons (Fsp3) is 0.222. The maximum atomic E-state index is 11.2. The molecule has 1 aromatic rings. The van der Waals surface area contributed by atoms with E-state index >= 15 is 0 Å². The van der Waals surface area contributed by atoms with Gasteiger partial charge in [0.15, 0.2) is 0 Å². The molecule has 0 radical (unpaired) electrons. The molecule has 5 nitrogen and oxygen atoms in total. The van der Waals surface area contributed by atoms with Gasteiger partial charge in [-0.25, -0.2) is 9.78 Å². The van der Waals surface area contributed by atoms with Crippen LogP contribution in [-0.2, 0) is 4.79 Å². The zero-order chi connectivity index (χ0) is 11.3. The molecular formula is C9H10N2O3S. The van der Waals surface area contributed by atoms with Gasteiger partial charge in [0, 0.05) is 11.9 Å². The van der Waals surface area contributed by atoms with E-state index < -0.39 is 5.97 Å². The zero-order valence-electron chi connectivity index (χ0n) is 8.06. The maximum Gasteiger partial charge on any atom is 0.354 e. The van der Waals surface area contributed by atoms with Crippen LogP contribution in [0.4, 0.5) is 5.69 Å². The number of nitrogens with one attached hydrogen (secondary N) is 1. The third kappa shape index (κ3) is 3.59. The van der Waals surface area contributed by atoms with Crippen molar-refractivity contribution in [1.82, 2.24) is 4.98 Å². The first-order valence-electron chi connectivity index (χ1n) is 4.11. The number of carboxylic acid groups (broad SMARTS) is 1. The maximum absolute atomic E-state index is 11.2. The molecule has 0 unspecified atom stereocenters. The number of pyridine rings is 1. The smallest absolute Gasteiger partial charge is 0.354 e. The molecule has 0 aromatic carbocycles. The van der Waals surface area contributed by atoms with Gasteiger partial charge in [-0.3, -0.25) is 4.79 Å². The number of aromatic nitrogens is 1. The summed E-state index contributed by atoms with van der Waals surface area (Å²) in [7, 11) is 0. The number of carboxylic acids is 1. The third-order valence-electron chi connectivity index (χ3n) is 1.54. The second kappa shape index (κ2) is 5.35. The molecule has 0 aliphatic rings. The van der Waals surface area contributed by atoms with Crippen molar-refractivity contribution in [2.75, 3.05) is 17.3 Å². The molecule has 6 heteroatoms. The highest BCUT2D eigenvalue weighted by Gasteiger charge is 2.06. The topological polar surface area (TPSA) is 79.3 Å². The second-order valence-electron chi connectivity index (χ2n) is 2.72. The number of carbonyl (C=O) groups excluding carboxylic acids is 1. The summed E-state index contributed by atoms with van der Waals surface area (Å²) in [5.41, 5.74) is 0.360. The molecule has 0 bridgehead atoms. The molecule has 0 saturated heterocycles. The molecule has 0 saturated carbocycles. The second-order valence-corrected chi connectivity index (χ2v) is 3.58. The quantitative estimate of drug-likeness (QED) is 0.803. The summed E-state index contributed by atoms with van der Waals surface area (Å²) in [6.45, 7) is 0. The molecule has 0 spiro atoms. The largest absolute Gasteiger partial charge is 0.477 e. The highest BCUT2D eigenvalue weighted by atomic mass is 32.2. The molecule has 1 heterocycles. The van der Waals surface area contributed by atoms with Crippen LogP contribution in [0.15, 0.2) is 18.3 Å². The van der Waals surface area contributed by atoms with Crippen LogP contribution in [0, 0.1) is 0 Å².